The van der Waals surface area contributed by atoms with E-state index in [4.69, 9.17) is 11.6 Å². The lowest BCUT2D eigenvalue weighted by Crippen LogP contribution is -2.16. The van der Waals surface area contributed by atoms with E-state index in [2.05, 4.69) is 39.9 Å². The molecule has 0 unspecified atom stereocenters. The minimum Gasteiger partial charge on any atom is -0.378 e. The summed E-state index contributed by atoms with van der Waals surface area (Å²) in [5.74, 6) is 0.855. The lowest BCUT2D eigenvalue weighted by molar-refractivity contribution is -0.113. The molecule has 0 aliphatic carbocycles. The van der Waals surface area contributed by atoms with E-state index in [0.717, 1.165) is 34.0 Å². The van der Waals surface area contributed by atoms with Gasteiger partial charge in [0.1, 0.15) is 0 Å². The van der Waals surface area contributed by atoms with E-state index in [-0.39, 0.29) is 11.7 Å². The van der Waals surface area contributed by atoms with Crippen molar-refractivity contribution in [1.82, 2.24) is 14.8 Å². The van der Waals surface area contributed by atoms with Crippen LogP contribution in [0.25, 0.3) is 5.69 Å². The zero-order valence-electron chi connectivity index (χ0n) is 19.3. The van der Waals surface area contributed by atoms with Gasteiger partial charge in [-0.25, -0.2) is 0 Å². The molecular formula is C26H26ClN5OS. The van der Waals surface area contributed by atoms with Crippen molar-refractivity contribution < 1.29 is 4.79 Å². The van der Waals surface area contributed by atoms with Gasteiger partial charge in [0.2, 0.25) is 5.91 Å². The van der Waals surface area contributed by atoms with Crippen LogP contribution in [0.15, 0.2) is 71.9 Å². The van der Waals surface area contributed by atoms with Crippen LogP contribution in [0.3, 0.4) is 0 Å². The number of carbonyl (C=O) groups is 1. The van der Waals surface area contributed by atoms with Crippen LogP contribution in [0.5, 0.6) is 0 Å². The lowest BCUT2D eigenvalue weighted by Gasteiger charge is -2.12. The number of aryl methyl sites for hydroxylation is 2. The zero-order valence-corrected chi connectivity index (χ0v) is 20.9. The normalized spacial score (nSPS) is 10.8. The first-order chi connectivity index (χ1) is 16.4. The molecule has 1 aromatic heterocycles. The number of thioether (sulfide) groups is 1. The minimum absolute atomic E-state index is 0.0938. The number of hydrogen-bond acceptors (Lipinski definition) is 5. The molecule has 6 nitrogen and oxygen atoms in total. The molecule has 0 bridgehead atoms. The molecule has 34 heavy (non-hydrogen) atoms. The lowest BCUT2D eigenvalue weighted by atomic mass is 10.1. The third-order valence-electron chi connectivity index (χ3n) is 5.50. The van der Waals surface area contributed by atoms with Crippen LogP contribution >= 0.6 is 23.4 Å². The Bertz CT molecular complexity index is 1290. The van der Waals surface area contributed by atoms with E-state index in [1.165, 1.54) is 17.3 Å². The molecule has 0 spiro atoms. The Morgan fingerprint density at radius 1 is 0.971 bits per heavy atom. The van der Waals surface area contributed by atoms with Crippen molar-refractivity contribution in [1.29, 1.82) is 0 Å². The van der Waals surface area contributed by atoms with E-state index in [0.29, 0.717) is 16.7 Å². The fourth-order valence-corrected chi connectivity index (χ4v) is 4.31. The summed E-state index contributed by atoms with van der Waals surface area (Å²) in [6.45, 7) is 6.57. The van der Waals surface area contributed by atoms with Crippen LogP contribution in [0.4, 0.5) is 11.4 Å². The highest BCUT2D eigenvalue weighted by Gasteiger charge is 2.16. The molecule has 8 heteroatoms. The average Bonchev–Trinajstić information content (AvgIpc) is 3.23. The zero-order chi connectivity index (χ0) is 24.1. The van der Waals surface area contributed by atoms with E-state index >= 15 is 0 Å². The maximum Gasteiger partial charge on any atom is 0.234 e. The van der Waals surface area contributed by atoms with Gasteiger partial charge in [0.25, 0.3) is 0 Å². The van der Waals surface area contributed by atoms with Gasteiger partial charge in [-0.15, -0.1) is 10.2 Å². The van der Waals surface area contributed by atoms with Crippen LogP contribution in [0, 0.1) is 20.8 Å². The summed E-state index contributed by atoms with van der Waals surface area (Å²) in [7, 11) is 0. The Balaban J connectivity index is 1.51. The number of nitrogens with zero attached hydrogens (tertiary/aromatic N) is 3. The standard InChI is InChI=1S/C26H26ClN5OS/c1-17-7-11-21(12-8-17)28-15-24-30-31-26(32(24)22-13-9-20(27)10-14-22)34-16-25(33)29-23-6-4-5-18(2)19(23)3/h4-14,28H,15-16H2,1-3H3,(H,29,33). The Hall–Kier alpha value is -3.29. The summed E-state index contributed by atoms with van der Waals surface area (Å²) < 4.78 is 1.95. The summed E-state index contributed by atoms with van der Waals surface area (Å²) >= 11 is 7.44. The summed E-state index contributed by atoms with van der Waals surface area (Å²) in [6, 6.07) is 21.6. The van der Waals surface area contributed by atoms with Crippen LogP contribution < -0.4 is 10.6 Å². The van der Waals surface area contributed by atoms with Gasteiger partial charge in [-0.2, -0.15) is 0 Å². The first-order valence-electron chi connectivity index (χ1n) is 10.9. The molecular weight excluding hydrogens is 466 g/mol. The van der Waals surface area contributed by atoms with Crippen LogP contribution in [0.2, 0.25) is 5.02 Å². The predicted molar refractivity (Wildman–Crippen MR) is 140 cm³/mol. The summed E-state index contributed by atoms with van der Waals surface area (Å²) in [4.78, 5) is 12.7. The van der Waals surface area contributed by atoms with E-state index < -0.39 is 0 Å². The number of rotatable bonds is 8. The van der Waals surface area contributed by atoms with E-state index in [1.54, 1.807) is 0 Å². The molecule has 0 radical (unpaired) electrons. The van der Waals surface area contributed by atoms with E-state index in [9.17, 15) is 4.79 Å². The van der Waals surface area contributed by atoms with Gasteiger partial charge in [0.05, 0.1) is 12.3 Å². The largest absolute Gasteiger partial charge is 0.378 e. The molecule has 0 aliphatic heterocycles. The Labute approximate surface area is 208 Å². The van der Waals surface area contributed by atoms with Crippen molar-refractivity contribution in [2.24, 2.45) is 0 Å². The molecule has 0 saturated carbocycles. The number of amides is 1. The summed E-state index contributed by atoms with van der Waals surface area (Å²) in [5.41, 5.74) is 6.11. The van der Waals surface area contributed by atoms with Crippen molar-refractivity contribution in [3.8, 4) is 5.69 Å². The van der Waals surface area contributed by atoms with Crippen molar-refractivity contribution in [2.45, 2.75) is 32.5 Å². The number of halogens is 1. The molecule has 4 rings (SSSR count). The van der Waals surface area contributed by atoms with Gasteiger partial charge in [-0.1, -0.05) is 53.2 Å². The summed E-state index contributed by atoms with van der Waals surface area (Å²) in [5, 5.41) is 16.5. The molecule has 3 aromatic carbocycles. The van der Waals surface area contributed by atoms with Crippen LogP contribution in [0.1, 0.15) is 22.5 Å². The van der Waals surface area contributed by atoms with Crippen molar-refractivity contribution >= 4 is 40.6 Å². The summed E-state index contributed by atoms with van der Waals surface area (Å²) in [6.07, 6.45) is 0. The molecule has 1 heterocycles. The number of anilines is 2. The van der Waals surface area contributed by atoms with Crippen molar-refractivity contribution in [3.63, 3.8) is 0 Å². The smallest absolute Gasteiger partial charge is 0.234 e. The first-order valence-corrected chi connectivity index (χ1v) is 12.3. The van der Waals surface area contributed by atoms with Gasteiger partial charge < -0.3 is 10.6 Å². The second-order valence-electron chi connectivity index (χ2n) is 8.01. The fraction of sp³-hybridized carbons (Fsp3) is 0.192. The molecule has 0 atom stereocenters. The molecule has 2 N–H and O–H groups in total. The van der Waals surface area contributed by atoms with E-state index in [1.807, 2.05) is 73.0 Å². The molecule has 0 fully saturated rings. The number of hydrogen-bond donors (Lipinski definition) is 2. The topological polar surface area (TPSA) is 71.8 Å². The number of benzene rings is 3. The maximum atomic E-state index is 12.7. The third-order valence-corrected chi connectivity index (χ3v) is 6.68. The van der Waals surface area contributed by atoms with Gasteiger partial charge in [0, 0.05) is 22.1 Å². The molecule has 1 amide bonds. The predicted octanol–water partition coefficient (Wildman–Crippen LogP) is 6.19. The fourth-order valence-electron chi connectivity index (χ4n) is 3.41. The SMILES string of the molecule is Cc1ccc(NCc2nnc(SCC(=O)Nc3cccc(C)c3C)n2-c2ccc(Cl)cc2)cc1. The van der Waals surface area contributed by atoms with Crippen molar-refractivity contribution in [2.75, 3.05) is 16.4 Å². The minimum atomic E-state index is -0.0938. The number of nitrogens with one attached hydrogen (secondary N) is 2. The van der Waals surface area contributed by atoms with Gasteiger partial charge in [0.15, 0.2) is 11.0 Å². The quantitative estimate of drug-likeness (QED) is 0.287. The van der Waals surface area contributed by atoms with Crippen LogP contribution in [-0.2, 0) is 11.3 Å². The Morgan fingerprint density at radius 3 is 2.44 bits per heavy atom. The van der Waals surface area contributed by atoms with Gasteiger partial charge in [-0.3, -0.25) is 9.36 Å². The second kappa shape index (κ2) is 10.8. The number of carbonyl (C=O) groups excluding carboxylic acids is 1. The Kier molecular flexibility index (Phi) is 7.55. The van der Waals surface area contributed by atoms with Crippen molar-refractivity contribution in [3.05, 3.63) is 94.3 Å². The molecule has 174 valence electrons. The third kappa shape index (κ3) is 5.79. The Morgan fingerprint density at radius 2 is 1.71 bits per heavy atom. The highest BCUT2D eigenvalue weighted by Crippen LogP contribution is 2.25. The monoisotopic (exact) mass is 491 g/mol. The molecule has 0 aliphatic rings. The molecule has 0 saturated heterocycles. The second-order valence-corrected chi connectivity index (χ2v) is 9.39. The molecule has 4 aromatic rings. The highest BCUT2D eigenvalue weighted by atomic mass is 35.5. The first kappa shape index (κ1) is 23.9. The highest BCUT2D eigenvalue weighted by molar-refractivity contribution is 7.99. The average molecular weight is 492 g/mol. The maximum absolute atomic E-state index is 12.7. The van der Waals surface area contributed by atoms with Gasteiger partial charge >= 0.3 is 0 Å². The van der Waals surface area contributed by atoms with Crippen LogP contribution in [-0.4, -0.2) is 26.4 Å². The number of aromatic nitrogens is 3. The van der Waals surface area contributed by atoms with Gasteiger partial charge in [-0.05, 0) is 74.4 Å².